The van der Waals surface area contributed by atoms with Gasteiger partial charge in [0.1, 0.15) is 23.5 Å². The molecular weight excluding hydrogens is 290 g/mol. The molecule has 3 aromatic rings. The number of nitriles is 1. The fourth-order valence-electron chi connectivity index (χ4n) is 2.83. The van der Waals surface area contributed by atoms with E-state index in [-0.39, 0.29) is 6.10 Å². The molecule has 1 aromatic carbocycles. The van der Waals surface area contributed by atoms with Gasteiger partial charge in [-0.3, -0.25) is 0 Å². The maximum absolute atomic E-state index is 8.96. The van der Waals surface area contributed by atoms with Gasteiger partial charge in [0.2, 0.25) is 0 Å². The van der Waals surface area contributed by atoms with Gasteiger partial charge < -0.3 is 10.1 Å². The molecule has 0 aliphatic carbocycles. The van der Waals surface area contributed by atoms with Gasteiger partial charge in [-0.05, 0) is 11.6 Å². The van der Waals surface area contributed by atoms with Crippen LogP contribution in [-0.2, 0) is 13.0 Å². The number of nitrogens with zero attached hydrogens (tertiary/aromatic N) is 4. The van der Waals surface area contributed by atoms with Gasteiger partial charge in [0.05, 0.1) is 6.20 Å². The summed E-state index contributed by atoms with van der Waals surface area (Å²) >= 11 is 0. The Bertz CT molecular complexity index is 870. The summed E-state index contributed by atoms with van der Waals surface area (Å²) in [5.74, 6) is 0.989. The summed E-state index contributed by atoms with van der Waals surface area (Å²) in [6.45, 7) is 1.45. The van der Waals surface area contributed by atoms with Crippen LogP contribution in [0.5, 0.6) is 5.75 Å². The van der Waals surface area contributed by atoms with Crippen LogP contribution < -0.4 is 10.1 Å². The molecule has 1 atom stereocenters. The predicted octanol–water partition coefficient (Wildman–Crippen LogP) is 1.69. The number of hydrogen-bond donors (Lipinski definition) is 1. The smallest absolute Gasteiger partial charge is 0.172 e. The molecule has 0 saturated carbocycles. The molecule has 4 rings (SSSR count). The van der Waals surface area contributed by atoms with Crippen LogP contribution in [0.2, 0.25) is 0 Å². The second-order valence-electron chi connectivity index (χ2n) is 5.58. The highest BCUT2D eigenvalue weighted by Gasteiger charge is 2.21. The van der Waals surface area contributed by atoms with Crippen molar-refractivity contribution in [1.29, 1.82) is 5.26 Å². The Kier molecular flexibility index (Phi) is 3.41. The van der Waals surface area contributed by atoms with Crippen LogP contribution in [0.3, 0.4) is 0 Å². The van der Waals surface area contributed by atoms with Crippen LogP contribution in [0, 0.1) is 11.3 Å². The minimum absolute atomic E-state index is 0.166. The molecule has 0 bridgehead atoms. The lowest BCUT2D eigenvalue weighted by molar-refractivity contribution is 0.227. The number of nitrogens with one attached hydrogen (secondary N) is 1. The molecule has 1 N–H and O–H groups in total. The van der Waals surface area contributed by atoms with E-state index in [0.717, 1.165) is 24.3 Å². The SMILES string of the molecule is N#Cc1cnn2cc(CNCC3Cc4ccccc4O3)cnc12. The van der Waals surface area contributed by atoms with Crippen molar-refractivity contribution >= 4 is 5.65 Å². The topological polar surface area (TPSA) is 75.2 Å². The summed E-state index contributed by atoms with van der Waals surface area (Å²) in [4.78, 5) is 4.30. The normalized spacial score (nSPS) is 16.0. The molecule has 0 radical (unpaired) electrons. The van der Waals surface area contributed by atoms with Gasteiger partial charge in [-0.2, -0.15) is 10.4 Å². The summed E-state index contributed by atoms with van der Waals surface area (Å²) in [6.07, 6.45) is 6.29. The van der Waals surface area contributed by atoms with Gasteiger partial charge in [0.15, 0.2) is 5.65 Å². The van der Waals surface area contributed by atoms with Gasteiger partial charge in [-0.25, -0.2) is 9.50 Å². The first-order chi connectivity index (χ1) is 11.3. The average Bonchev–Trinajstić information content (AvgIpc) is 3.17. The number of aromatic nitrogens is 3. The van der Waals surface area contributed by atoms with E-state index in [1.54, 1.807) is 10.7 Å². The van der Waals surface area contributed by atoms with Crippen molar-refractivity contribution in [1.82, 2.24) is 19.9 Å². The van der Waals surface area contributed by atoms with Crippen LogP contribution in [-0.4, -0.2) is 27.2 Å². The highest BCUT2D eigenvalue weighted by Crippen LogP contribution is 2.27. The largest absolute Gasteiger partial charge is 0.488 e. The second kappa shape index (κ2) is 5.71. The van der Waals surface area contributed by atoms with E-state index in [0.29, 0.717) is 17.8 Å². The Hall–Kier alpha value is -2.91. The number of fused-ring (bicyclic) bond motifs is 2. The lowest BCUT2D eigenvalue weighted by atomic mass is 10.1. The number of ether oxygens (including phenoxy) is 1. The summed E-state index contributed by atoms with van der Waals surface area (Å²) < 4.78 is 7.54. The summed E-state index contributed by atoms with van der Waals surface area (Å²) in [7, 11) is 0. The molecule has 6 nitrogen and oxygen atoms in total. The monoisotopic (exact) mass is 305 g/mol. The Morgan fingerprint density at radius 2 is 2.26 bits per heavy atom. The maximum atomic E-state index is 8.96. The number of hydrogen-bond acceptors (Lipinski definition) is 5. The minimum atomic E-state index is 0.166. The minimum Gasteiger partial charge on any atom is -0.488 e. The van der Waals surface area contributed by atoms with Gasteiger partial charge in [0.25, 0.3) is 0 Å². The number of benzene rings is 1. The molecule has 0 amide bonds. The van der Waals surface area contributed by atoms with Crippen molar-refractivity contribution in [2.24, 2.45) is 0 Å². The predicted molar refractivity (Wildman–Crippen MR) is 84.0 cm³/mol. The molecule has 6 heteroatoms. The third-order valence-electron chi connectivity index (χ3n) is 3.95. The molecule has 3 heterocycles. The molecule has 2 aromatic heterocycles. The zero-order valence-corrected chi connectivity index (χ0v) is 12.4. The van der Waals surface area contributed by atoms with Crippen LogP contribution >= 0.6 is 0 Å². The molecule has 0 saturated heterocycles. The van der Waals surface area contributed by atoms with Crippen molar-refractivity contribution in [3.8, 4) is 11.8 Å². The molecule has 1 unspecified atom stereocenters. The Balaban J connectivity index is 1.36. The Morgan fingerprint density at radius 1 is 1.35 bits per heavy atom. The van der Waals surface area contributed by atoms with Gasteiger partial charge >= 0.3 is 0 Å². The molecule has 0 spiro atoms. The van der Waals surface area contributed by atoms with Crippen LogP contribution in [0.25, 0.3) is 5.65 Å². The van der Waals surface area contributed by atoms with E-state index < -0.39 is 0 Å². The fourth-order valence-corrected chi connectivity index (χ4v) is 2.83. The van der Waals surface area contributed by atoms with Gasteiger partial charge in [-0.1, -0.05) is 18.2 Å². The molecule has 1 aliphatic heterocycles. The highest BCUT2D eigenvalue weighted by molar-refractivity contribution is 5.53. The van der Waals surface area contributed by atoms with Crippen LogP contribution in [0.15, 0.2) is 42.9 Å². The van der Waals surface area contributed by atoms with Gasteiger partial charge in [-0.15, -0.1) is 0 Å². The average molecular weight is 305 g/mol. The first kappa shape index (κ1) is 13.7. The van der Waals surface area contributed by atoms with E-state index >= 15 is 0 Å². The lowest BCUT2D eigenvalue weighted by Crippen LogP contribution is -2.29. The first-order valence-corrected chi connectivity index (χ1v) is 7.51. The third kappa shape index (κ3) is 2.62. The van der Waals surface area contributed by atoms with E-state index in [1.807, 2.05) is 24.4 Å². The lowest BCUT2D eigenvalue weighted by Gasteiger charge is -2.11. The molecule has 0 fully saturated rings. The van der Waals surface area contributed by atoms with Crippen molar-refractivity contribution in [3.05, 3.63) is 59.5 Å². The Labute approximate surface area is 133 Å². The molecule has 1 aliphatic rings. The van der Waals surface area contributed by atoms with Crippen molar-refractivity contribution in [3.63, 3.8) is 0 Å². The standard InChI is InChI=1S/C17H15N5O/c18-6-14-9-21-22-11-12(8-20-17(14)22)7-19-10-15-5-13-3-1-2-4-16(13)23-15/h1-4,8-9,11,15,19H,5,7,10H2. The van der Waals surface area contributed by atoms with Crippen molar-refractivity contribution in [2.45, 2.75) is 19.1 Å². The van der Waals surface area contributed by atoms with Crippen LogP contribution in [0.1, 0.15) is 16.7 Å². The number of rotatable bonds is 4. The van der Waals surface area contributed by atoms with Crippen molar-refractivity contribution in [2.75, 3.05) is 6.54 Å². The number of para-hydroxylation sites is 1. The molecule has 114 valence electrons. The summed E-state index contributed by atoms with van der Waals surface area (Å²) in [5.41, 5.74) is 3.36. The maximum Gasteiger partial charge on any atom is 0.172 e. The Morgan fingerprint density at radius 3 is 3.13 bits per heavy atom. The van der Waals surface area contributed by atoms with E-state index in [4.69, 9.17) is 10.00 Å². The van der Waals surface area contributed by atoms with Crippen LogP contribution in [0.4, 0.5) is 0 Å². The molecule has 23 heavy (non-hydrogen) atoms. The van der Waals surface area contributed by atoms with E-state index in [1.165, 1.54) is 11.8 Å². The third-order valence-corrected chi connectivity index (χ3v) is 3.95. The highest BCUT2D eigenvalue weighted by atomic mass is 16.5. The zero-order valence-electron chi connectivity index (χ0n) is 12.4. The summed E-state index contributed by atoms with van der Waals surface area (Å²) in [5, 5.41) is 16.5. The van der Waals surface area contributed by atoms with Crippen molar-refractivity contribution < 1.29 is 4.74 Å². The molecular formula is C17H15N5O. The van der Waals surface area contributed by atoms with E-state index in [2.05, 4.69) is 27.5 Å². The quantitative estimate of drug-likeness (QED) is 0.794. The van der Waals surface area contributed by atoms with E-state index in [9.17, 15) is 0 Å². The fraction of sp³-hybridized carbons (Fsp3) is 0.235. The zero-order chi connectivity index (χ0) is 15.6. The second-order valence-corrected chi connectivity index (χ2v) is 5.58. The van der Waals surface area contributed by atoms with Gasteiger partial charge in [0, 0.05) is 37.5 Å². The first-order valence-electron chi connectivity index (χ1n) is 7.51. The summed E-state index contributed by atoms with van der Waals surface area (Å²) in [6, 6.07) is 10.2.